The summed E-state index contributed by atoms with van der Waals surface area (Å²) in [6.07, 6.45) is 4.87. The number of hydrogen-bond donors (Lipinski definition) is 1. The number of rotatable bonds is 2. The summed E-state index contributed by atoms with van der Waals surface area (Å²) in [5, 5.41) is 0. The van der Waals surface area contributed by atoms with Crippen molar-refractivity contribution in [3.8, 4) is 0 Å². The first-order valence-electron chi connectivity index (χ1n) is 7.24. The van der Waals surface area contributed by atoms with Crippen molar-refractivity contribution in [3.63, 3.8) is 0 Å². The van der Waals surface area contributed by atoms with Gasteiger partial charge in [0.15, 0.2) is 0 Å². The van der Waals surface area contributed by atoms with Crippen molar-refractivity contribution in [1.82, 2.24) is 4.90 Å². The maximum Gasteiger partial charge on any atom is 0.0409 e. The molecule has 2 heteroatoms. The summed E-state index contributed by atoms with van der Waals surface area (Å²) < 4.78 is 0. The van der Waals surface area contributed by atoms with Crippen LogP contribution in [0.4, 0.5) is 0 Å². The Bertz CT molecular complexity index is 444. The molecule has 18 heavy (non-hydrogen) atoms. The molecule has 3 rings (SSSR count). The Kier molecular flexibility index (Phi) is 2.95. The maximum atomic E-state index is 6.56. The molecule has 1 heterocycles. The van der Waals surface area contributed by atoms with Crippen molar-refractivity contribution in [3.05, 3.63) is 34.9 Å². The van der Waals surface area contributed by atoms with E-state index in [1.165, 1.54) is 29.5 Å². The van der Waals surface area contributed by atoms with Gasteiger partial charge in [-0.15, -0.1) is 0 Å². The standard InChI is InChI=1S/C16H24N2/c1-12(2)18-10-13-5-6-15(9-14(13)11-18)16(17)7-3-4-8-16/h5-6,9,12H,3-4,7-8,10-11,17H2,1-2H3. The van der Waals surface area contributed by atoms with Gasteiger partial charge in [0.2, 0.25) is 0 Å². The molecule has 2 N–H and O–H groups in total. The third-order valence-electron chi connectivity index (χ3n) is 4.75. The fraction of sp³-hybridized carbons (Fsp3) is 0.625. The van der Waals surface area contributed by atoms with Crippen molar-refractivity contribution in [2.75, 3.05) is 0 Å². The lowest BCUT2D eigenvalue weighted by atomic mass is 9.87. The number of hydrogen-bond acceptors (Lipinski definition) is 2. The average Bonchev–Trinajstić information content (AvgIpc) is 2.94. The van der Waals surface area contributed by atoms with Crippen LogP contribution in [0.25, 0.3) is 0 Å². The summed E-state index contributed by atoms with van der Waals surface area (Å²) in [5.74, 6) is 0. The van der Waals surface area contributed by atoms with Crippen LogP contribution in [0.1, 0.15) is 56.2 Å². The second-order valence-electron chi connectivity index (χ2n) is 6.35. The van der Waals surface area contributed by atoms with Crippen LogP contribution in [0.15, 0.2) is 18.2 Å². The molecular weight excluding hydrogens is 220 g/mol. The largest absolute Gasteiger partial charge is 0.321 e. The summed E-state index contributed by atoms with van der Waals surface area (Å²) in [4.78, 5) is 2.52. The van der Waals surface area contributed by atoms with Gasteiger partial charge >= 0.3 is 0 Å². The van der Waals surface area contributed by atoms with E-state index in [4.69, 9.17) is 5.73 Å². The highest BCUT2D eigenvalue weighted by atomic mass is 15.2. The van der Waals surface area contributed by atoms with Crippen LogP contribution >= 0.6 is 0 Å². The molecule has 1 aromatic carbocycles. The SMILES string of the molecule is CC(C)N1Cc2ccc(C3(N)CCCC3)cc2C1. The van der Waals surface area contributed by atoms with Gasteiger partial charge in [0.1, 0.15) is 0 Å². The Hall–Kier alpha value is -0.860. The predicted octanol–water partition coefficient (Wildman–Crippen LogP) is 3.14. The van der Waals surface area contributed by atoms with Crippen molar-refractivity contribution in [2.24, 2.45) is 5.73 Å². The minimum Gasteiger partial charge on any atom is -0.321 e. The molecule has 0 spiro atoms. The maximum absolute atomic E-state index is 6.56. The highest BCUT2D eigenvalue weighted by Gasteiger charge is 2.32. The Balaban J connectivity index is 1.88. The molecule has 0 bridgehead atoms. The van der Waals surface area contributed by atoms with E-state index in [1.54, 1.807) is 0 Å². The summed E-state index contributed by atoms with van der Waals surface area (Å²) >= 11 is 0. The van der Waals surface area contributed by atoms with Gasteiger partial charge < -0.3 is 5.73 Å². The van der Waals surface area contributed by atoms with E-state index >= 15 is 0 Å². The zero-order chi connectivity index (χ0) is 12.8. The summed E-state index contributed by atoms with van der Waals surface area (Å²) in [7, 11) is 0. The van der Waals surface area contributed by atoms with Gasteiger partial charge in [0, 0.05) is 24.7 Å². The van der Waals surface area contributed by atoms with E-state index in [0.29, 0.717) is 6.04 Å². The van der Waals surface area contributed by atoms with Crippen LogP contribution < -0.4 is 5.73 Å². The van der Waals surface area contributed by atoms with Crippen molar-refractivity contribution < 1.29 is 0 Å². The molecule has 1 aromatic rings. The zero-order valence-corrected chi connectivity index (χ0v) is 11.6. The van der Waals surface area contributed by atoms with E-state index in [1.807, 2.05) is 0 Å². The lowest BCUT2D eigenvalue weighted by molar-refractivity contribution is 0.227. The van der Waals surface area contributed by atoms with Gasteiger partial charge in [-0.2, -0.15) is 0 Å². The Labute approximate surface area is 110 Å². The van der Waals surface area contributed by atoms with Crippen molar-refractivity contribution >= 4 is 0 Å². The van der Waals surface area contributed by atoms with Crippen LogP contribution in [-0.2, 0) is 18.6 Å². The number of nitrogens with zero attached hydrogens (tertiary/aromatic N) is 1. The second-order valence-corrected chi connectivity index (χ2v) is 6.35. The minimum atomic E-state index is -0.0414. The zero-order valence-electron chi connectivity index (χ0n) is 11.6. The lowest BCUT2D eigenvalue weighted by Gasteiger charge is -2.24. The average molecular weight is 244 g/mol. The van der Waals surface area contributed by atoms with Gasteiger partial charge in [-0.05, 0) is 43.4 Å². The second kappa shape index (κ2) is 4.36. The monoisotopic (exact) mass is 244 g/mol. The van der Waals surface area contributed by atoms with Crippen LogP contribution in [0.5, 0.6) is 0 Å². The van der Waals surface area contributed by atoms with Gasteiger partial charge in [0.05, 0.1) is 0 Å². The van der Waals surface area contributed by atoms with E-state index in [-0.39, 0.29) is 5.54 Å². The first kappa shape index (κ1) is 12.2. The van der Waals surface area contributed by atoms with E-state index < -0.39 is 0 Å². The Morgan fingerprint density at radius 3 is 2.44 bits per heavy atom. The van der Waals surface area contributed by atoms with E-state index in [2.05, 4.69) is 36.9 Å². The molecule has 2 aliphatic rings. The van der Waals surface area contributed by atoms with E-state index in [9.17, 15) is 0 Å². The van der Waals surface area contributed by atoms with Gasteiger partial charge in [-0.1, -0.05) is 31.0 Å². The molecule has 2 nitrogen and oxygen atoms in total. The smallest absolute Gasteiger partial charge is 0.0409 e. The molecule has 1 aliphatic heterocycles. The van der Waals surface area contributed by atoms with Crippen LogP contribution in [-0.4, -0.2) is 10.9 Å². The summed E-state index contributed by atoms with van der Waals surface area (Å²) in [5.41, 5.74) is 10.9. The normalized spacial score (nSPS) is 22.7. The fourth-order valence-corrected chi connectivity index (χ4v) is 3.39. The van der Waals surface area contributed by atoms with E-state index in [0.717, 1.165) is 25.9 Å². The van der Waals surface area contributed by atoms with Gasteiger partial charge in [-0.3, -0.25) is 4.90 Å². The highest BCUT2D eigenvalue weighted by molar-refractivity contribution is 5.38. The third kappa shape index (κ3) is 1.98. The Morgan fingerprint density at radius 2 is 1.78 bits per heavy atom. The summed E-state index contributed by atoms with van der Waals surface area (Å²) in [6, 6.07) is 7.58. The molecule has 1 aliphatic carbocycles. The minimum absolute atomic E-state index is 0.0414. The molecule has 0 unspecified atom stereocenters. The number of benzene rings is 1. The molecule has 0 radical (unpaired) electrons. The Morgan fingerprint density at radius 1 is 1.11 bits per heavy atom. The molecular formula is C16H24N2. The molecule has 1 saturated carbocycles. The van der Waals surface area contributed by atoms with Crippen LogP contribution in [0.3, 0.4) is 0 Å². The molecule has 1 fully saturated rings. The van der Waals surface area contributed by atoms with Crippen LogP contribution in [0, 0.1) is 0 Å². The van der Waals surface area contributed by atoms with Crippen molar-refractivity contribution in [1.29, 1.82) is 0 Å². The molecule has 0 amide bonds. The number of fused-ring (bicyclic) bond motifs is 1. The molecule has 0 aromatic heterocycles. The third-order valence-corrected chi connectivity index (χ3v) is 4.75. The first-order valence-corrected chi connectivity index (χ1v) is 7.24. The van der Waals surface area contributed by atoms with Gasteiger partial charge in [0.25, 0.3) is 0 Å². The predicted molar refractivity (Wildman–Crippen MR) is 75.2 cm³/mol. The summed E-state index contributed by atoms with van der Waals surface area (Å²) in [6.45, 7) is 6.74. The van der Waals surface area contributed by atoms with Crippen molar-refractivity contribution in [2.45, 2.75) is 64.2 Å². The van der Waals surface area contributed by atoms with Crippen LogP contribution in [0.2, 0.25) is 0 Å². The molecule has 98 valence electrons. The molecule has 0 saturated heterocycles. The highest BCUT2D eigenvalue weighted by Crippen LogP contribution is 2.38. The quantitative estimate of drug-likeness (QED) is 0.866. The topological polar surface area (TPSA) is 29.3 Å². The first-order chi connectivity index (χ1) is 8.58. The fourth-order valence-electron chi connectivity index (χ4n) is 3.39. The van der Waals surface area contributed by atoms with Gasteiger partial charge in [-0.25, -0.2) is 0 Å². The molecule has 0 atom stereocenters. The number of nitrogens with two attached hydrogens (primary N) is 1. The lowest BCUT2D eigenvalue weighted by Crippen LogP contribution is -2.33.